The highest BCUT2D eigenvalue weighted by Gasteiger charge is 2.39. The molecule has 1 atom stereocenters. The van der Waals surface area contributed by atoms with Crippen LogP contribution >= 0.6 is 0 Å². The van der Waals surface area contributed by atoms with Crippen molar-refractivity contribution < 1.29 is 24.5 Å². The van der Waals surface area contributed by atoms with Gasteiger partial charge in [0.25, 0.3) is 11.8 Å². The van der Waals surface area contributed by atoms with Crippen molar-refractivity contribution in [3.8, 4) is 0 Å². The lowest BCUT2D eigenvalue weighted by Crippen LogP contribution is -2.39. The first-order chi connectivity index (χ1) is 11.5. The van der Waals surface area contributed by atoms with E-state index in [0.29, 0.717) is 30.5 Å². The molecule has 1 aliphatic heterocycles. The van der Waals surface area contributed by atoms with Crippen LogP contribution in [0.2, 0.25) is 0 Å². The molecule has 0 saturated carbocycles. The summed E-state index contributed by atoms with van der Waals surface area (Å²) < 4.78 is 0. The number of aliphatic hydroxyl groups excluding tert-OH is 1. The molecule has 9 nitrogen and oxygen atoms in total. The van der Waals surface area contributed by atoms with Gasteiger partial charge in [-0.2, -0.15) is 0 Å². The fourth-order valence-corrected chi connectivity index (χ4v) is 2.29. The number of benzene rings is 1. The maximum Gasteiger partial charge on any atom is 0.264 e. The molecule has 0 fully saturated rings. The summed E-state index contributed by atoms with van der Waals surface area (Å²) >= 11 is 0. The summed E-state index contributed by atoms with van der Waals surface area (Å²) in [5.74, 6) is -0.959. The van der Waals surface area contributed by atoms with Crippen LogP contribution in [0.5, 0.6) is 0 Å². The number of hydrogen-bond acceptors (Lipinski definition) is 6. The zero-order valence-corrected chi connectivity index (χ0v) is 13.6. The Morgan fingerprint density at radius 2 is 1.88 bits per heavy atom. The Kier molecular flexibility index (Phi) is 5.69. The monoisotopic (exact) mass is 336 g/mol. The molecule has 1 aromatic rings. The van der Waals surface area contributed by atoms with Crippen LogP contribution in [0.1, 0.15) is 40.5 Å². The maximum atomic E-state index is 12.3. The SMILES string of the molecule is CC(ON=[N+]([O-])N(C)CCCCO)N1C(=O)c2ccccc2C1=O. The van der Waals surface area contributed by atoms with E-state index < -0.39 is 18.0 Å². The molecular formula is C15H20N4O5. The second-order valence-corrected chi connectivity index (χ2v) is 5.38. The van der Waals surface area contributed by atoms with Crippen molar-refractivity contribution in [3.05, 3.63) is 40.6 Å². The largest absolute Gasteiger partial charge is 0.569 e. The first kappa shape index (κ1) is 17.7. The van der Waals surface area contributed by atoms with E-state index in [0.717, 1.165) is 4.90 Å². The molecular weight excluding hydrogens is 316 g/mol. The number of imide groups is 1. The zero-order chi connectivity index (χ0) is 17.7. The van der Waals surface area contributed by atoms with Crippen molar-refractivity contribution in [2.45, 2.75) is 26.0 Å². The summed E-state index contributed by atoms with van der Waals surface area (Å²) in [4.78, 5) is 30.7. The van der Waals surface area contributed by atoms with E-state index in [9.17, 15) is 14.8 Å². The Balaban J connectivity index is 1.98. The van der Waals surface area contributed by atoms with Gasteiger partial charge in [-0.3, -0.25) is 9.59 Å². The van der Waals surface area contributed by atoms with Gasteiger partial charge in [0.2, 0.25) is 11.5 Å². The van der Waals surface area contributed by atoms with Crippen LogP contribution in [0.3, 0.4) is 0 Å². The topological polar surface area (TPSA) is 109 Å². The third kappa shape index (κ3) is 3.62. The van der Waals surface area contributed by atoms with Gasteiger partial charge in [-0.15, -0.1) is 5.01 Å². The molecule has 1 aliphatic rings. The summed E-state index contributed by atoms with van der Waals surface area (Å²) in [6.45, 7) is 1.90. The zero-order valence-electron chi connectivity index (χ0n) is 13.6. The van der Waals surface area contributed by atoms with Crippen molar-refractivity contribution >= 4 is 11.8 Å². The molecule has 2 rings (SSSR count). The van der Waals surface area contributed by atoms with Gasteiger partial charge in [0.05, 0.1) is 29.7 Å². The fourth-order valence-electron chi connectivity index (χ4n) is 2.29. The molecule has 130 valence electrons. The van der Waals surface area contributed by atoms with Crippen molar-refractivity contribution in [3.63, 3.8) is 0 Å². The van der Waals surface area contributed by atoms with Crippen molar-refractivity contribution in [2.75, 3.05) is 20.2 Å². The van der Waals surface area contributed by atoms with Crippen molar-refractivity contribution in [2.24, 2.45) is 5.28 Å². The van der Waals surface area contributed by atoms with Gasteiger partial charge in [-0.25, -0.2) is 4.90 Å². The molecule has 0 aromatic heterocycles. The normalized spacial score (nSPS) is 15.5. The second-order valence-electron chi connectivity index (χ2n) is 5.38. The molecule has 1 N–H and O–H groups in total. The summed E-state index contributed by atoms with van der Waals surface area (Å²) in [7, 11) is 1.52. The van der Waals surface area contributed by atoms with Gasteiger partial charge in [-0.1, -0.05) is 12.1 Å². The van der Waals surface area contributed by atoms with E-state index in [1.54, 1.807) is 24.3 Å². The molecule has 0 saturated heterocycles. The average molecular weight is 336 g/mol. The lowest BCUT2D eigenvalue weighted by Gasteiger charge is -2.19. The highest BCUT2D eigenvalue weighted by molar-refractivity contribution is 6.21. The van der Waals surface area contributed by atoms with Crippen molar-refractivity contribution in [1.82, 2.24) is 9.91 Å². The van der Waals surface area contributed by atoms with Crippen molar-refractivity contribution in [1.29, 1.82) is 0 Å². The number of nitrogens with zero attached hydrogens (tertiary/aromatic N) is 4. The highest BCUT2D eigenvalue weighted by atomic mass is 16.7. The molecule has 9 heteroatoms. The van der Waals surface area contributed by atoms with Crippen LogP contribution < -0.4 is 0 Å². The van der Waals surface area contributed by atoms with Gasteiger partial charge in [0, 0.05) is 6.61 Å². The number of rotatable bonds is 8. The number of aliphatic hydroxyl groups is 1. The lowest BCUT2D eigenvalue weighted by molar-refractivity contribution is -0.707. The highest BCUT2D eigenvalue weighted by Crippen LogP contribution is 2.24. The van der Waals surface area contributed by atoms with E-state index >= 15 is 0 Å². The standard InChI is InChI=1S/C15H20N4O5/c1-11(24-16-19(23)17(2)9-5-6-10-20)18-14(21)12-7-3-4-8-13(12)15(18)22/h3-4,7-8,11,20H,5-6,9-10H2,1-2H3. The third-order valence-corrected chi connectivity index (χ3v) is 3.64. The Hall–Kier alpha value is -2.68. The molecule has 1 unspecified atom stereocenters. The first-order valence-electron chi connectivity index (χ1n) is 7.60. The number of hydrazine groups is 1. The van der Waals surface area contributed by atoms with Gasteiger partial charge in [0.1, 0.15) is 0 Å². The molecule has 2 amide bonds. The van der Waals surface area contributed by atoms with Crippen LogP contribution in [0.4, 0.5) is 0 Å². The molecule has 0 spiro atoms. The Labute approximate surface area is 139 Å². The lowest BCUT2D eigenvalue weighted by atomic mass is 10.1. The minimum Gasteiger partial charge on any atom is -0.569 e. The Morgan fingerprint density at radius 1 is 1.29 bits per heavy atom. The average Bonchev–Trinajstić information content (AvgIpc) is 2.84. The van der Waals surface area contributed by atoms with Crippen LogP contribution in [0.25, 0.3) is 0 Å². The number of amides is 2. The fraction of sp³-hybridized carbons (Fsp3) is 0.467. The van der Waals surface area contributed by atoms with Gasteiger partial charge in [-0.05, 0) is 31.9 Å². The van der Waals surface area contributed by atoms with Gasteiger partial charge < -0.3 is 15.2 Å². The summed E-state index contributed by atoms with van der Waals surface area (Å²) in [5.41, 5.74) is 0.608. The quantitative estimate of drug-likeness (QED) is 0.251. The maximum absolute atomic E-state index is 12.3. The van der Waals surface area contributed by atoms with E-state index in [4.69, 9.17) is 9.94 Å². The second kappa shape index (κ2) is 7.73. The molecule has 0 bridgehead atoms. The number of fused-ring (bicyclic) bond motifs is 1. The number of hydrogen-bond donors (Lipinski definition) is 1. The summed E-state index contributed by atoms with van der Waals surface area (Å²) in [6.07, 6.45) is 0.180. The van der Waals surface area contributed by atoms with Crippen LogP contribution in [-0.2, 0) is 4.84 Å². The van der Waals surface area contributed by atoms with E-state index in [1.807, 2.05) is 0 Å². The number of unbranched alkanes of at least 4 members (excludes halogenated alkanes) is 1. The summed E-state index contributed by atoms with van der Waals surface area (Å²) in [5, 5.41) is 25.1. The predicted molar refractivity (Wildman–Crippen MR) is 82.5 cm³/mol. The number of carbonyl (C=O) groups excluding carboxylic acids is 2. The smallest absolute Gasteiger partial charge is 0.264 e. The molecule has 0 radical (unpaired) electrons. The molecule has 24 heavy (non-hydrogen) atoms. The predicted octanol–water partition coefficient (Wildman–Crippen LogP) is 1.14. The Bertz CT molecular complexity index is 614. The summed E-state index contributed by atoms with van der Waals surface area (Å²) in [6, 6.07) is 6.47. The van der Waals surface area contributed by atoms with Crippen LogP contribution in [0.15, 0.2) is 29.5 Å². The number of carbonyl (C=O) groups is 2. The minimum absolute atomic E-state index is 0.0527. The van der Waals surface area contributed by atoms with Gasteiger partial charge in [0.15, 0.2) is 0 Å². The van der Waals surface area contributed by atoms with Crippen LogP contribution in [-0.4, -0.2) is 58.2 Å². The molecule has 0 aliphatic carbocycles. The van der Waals surface area contributed by atoms with E-state index in [2.05, 4.69) is 5.28 Å². The first-order valence-corrected chi connectivity index (χ1v) is 7.60. The minimum atomic E-state index is -1.01. The molecule has 1 aromatic carbocycles. The van der Waals surface area contributed by atoms with E-state index in [1.165, 1.54) is 19.0 Å². The Morgan fingerprint density at radius 3 is 2.42 bits per heavy atom. The van der Waals surface area contributed by atoms with Gasteiger partial charge >= 0.3 is 0 Å². The molecule has 1 heterocycles. The third-order valence-electron chi connectivity index (χ3n) is 3.64. The van der Waals surface area contributed by atoms with Crippen LogP contribution in [0, 0.1) is 5.21 Å². The van der Waals surface area contributed by atoms with E-state index in [-0.39, 0.29) is 11.6 Å².